The first-order valence-electron chi connectivity index (χ1n) is 5.64. The Hall–Kier alpha value is -0.300. The molecule has 0 saturated heterocycles. The van der Waals surface area contributed by atoms with E-state index in [9.17, 15) is 0 Å². The third-order valence-electron chi connectivity index (χ3n) is 3.06. The molecule has 1 saturated carbocycles. The molecule has 76 valence electrons. The van der Waals surface area contributed by atoms with Crippen LogP contribution in [0.5, 0.6) is 0 Å². The van der Waals surface area contributed by atoms with E-state index in [1.54, 1.807) is 0 Å². The normalized spacial score (nSPS) is 28.7. The van der Waals surface area contributed by atoms with Gasteiger partial charge in [-0.2, -0.15) is 0 Å². The Morgan fingerprint density at radius 3 is 3.00 bits per heavy atom. The summed E-state index contributed by atoms with van der Waals surface area (Å²) >= 11 is 0. The highest BCUT2D eigenvalue weighted by Crippen LogP contribution is 2.30. The molecule has 0 aromatic carbocycles. The highest BCUT2D eigenvalue weighted by molar-refractivity contribution is 4.73. The minimum absolute atomic E-state index is 0.961. The molecular formula is C12H23N. The van der Waals surface area contributed by atoms with Gasteiger partial charge in [0.2, 0.25) is 0 Å². The van der Waals surface area contributed by atoms with Crippen LogP contribution in [-0.4, -0.2) is 13.1 Å². The maximum Gasteiger partial charge on any atom is 0.0132 e. The Bertz CT molecular complexity index is 142. The average Bonchev–Trinajstić information content (AvgIpc) is 2.13. The summed E-state index contributed by atoms with van der Waals surface area (Å²) in [7, 11) is 0. The highest BCUT2D eigenvalue weighted by Gasteiger charge is 2.17. The lowest BCUT2D eigenvalue weighted by molar-refractivity contribution is 0.268. The fraction of sp³-hybridized carbons (Fsp3) is 0.833. The van der Waals surface area contributed by atoms with Crippen molar-refractivity contribution in [2.24, 2.45) is 11.8 Å². The van der Waals surface area contributed by atoms with E-state index < -0.39 is 0 Å². The van der Waals surface area contributed by atoms with Crippen molar-refractivity contribution in [1.29, 1.82) is 0 Å². The third kappa shape index (κ3) is 4.47. The lowest BCUT2D eigenvalue weighted by Crippen LogP contribution is -2.21. The first-order valence-corrected chi connectivity index (χ1v) is 5.64. The van der Waals surface area contributed by atoms with Crippen molar-refractivity contribution in [3.63, 3.8) is 0 Å². The fourth-order valence-electron chi connectivity index (χ4n) is 2.33. The topological polar surface area (TPSA) is 12.0 Å². The molecule has 2 atom stereocenters. The molecule has 1 N–H and O–H groups in total. The number of rotatable bonds is 5. The number of hydrogen-bond acceptors (Lipinski definition) is 1. The van der Waals surface area contributed by atoms with Crippen LogP contribution in [0.15, 0.2) is 12.7 Å². The van der Waals surface area contributed by atoms with Crippen molar-refractivity contribution in [3.8, 4) is 0 Å². The summed E-state index contributed by atoms with van der Waals surface area (Å²) in [6.45, 7) is 8.22. The van der Waals surface area contributed by atoms with Gasteiger partial charge in [0, 0.05) is 6.54 Å². The molecule has 0 aromatic rings. The van der Waals surface area contributed by atoms with Crippen molar-refractivity contribution in [2.45, 2.75) is 39.0 Å². The molecule has 2 unspecified atom stereocenters. The molecule has 0 spiro atoms. The smallest absolute Gasteiger partial charge is 0.0132 e. The van der Waals surface area contributed by atoms with Gasteiger partial charge in [-0.1, -0.05) is 32.3 Å². The molecule has 0 bridgehead atoms. The monoisotopic (exact) mass is 181 g/mol. The Morgan fingerprint density at radius 2 is 2.31 bits per heavy atom. The summed E-state index contributed by atoms with van der Waals surface area (Å²) in [6, 6.07) is 0. The second-order valence-corrected chi connectivity index (χ2v) is 4.42. The second kappa shape index (κ2) is 6.20. The zero-order valence-corrected chi connectivity index (χ0v) is 8.89. The van der Waals surface area contributed by atoms with E-state index in [0.29, 0.717) is 0 Å². The average molecular weight is 181 g/mol. The van der Waals surface area contributed by atoms with E-state index in [1.807, 2.05) is 6.08 Å². The van der Waals surface area contributed by atoms with Gasteiger partial charge in [-0.3, -0.25) is 0 Å². The van der Waals surface area contributed by atoms with Gasteiger partial charge in [-0.15, -0.1) is 6.58 Å². The van der Waals surface area contributed by atoms with Crippen LogP contribution in [0.1, 0.15) is 39.0 Å². The first kappa shape index (κ1) is 10.8. The zero-order valence-electron chi connectivity index (χ0n) is 8.89. The summed E-state index contributed by atoms with van der Waals surface area (Å²) in [4.78, 5) is 0. The SMILES string of the molecule is C=CCNCCC1CCCC(C)C1. The molecule has 1 aliphatic rings. The third-order valence-corrected chi connectivity index (χ3v) is 3.06. The van der Waals surface area contributed by atoms with Gasteiger partial charge in [-0.25, -0.2) is 0 Å². The van der Waals surface area contributed by atoms with Crippen molar-refractivity contribution in [1.82, 2.24) is 5.32 Å². The van der Waals surface area contributed by atoms with Gasteiger partial charge < -0.3 is 5.32 Å². The molecule has 13 heavy (non-hydrogen) atoms. The maximum absolute atomic E-state index is 3.69. The maximum atomic E-state index is 3.69. The molecule has 0 amide bonds. The Kier molecular flexibility index (Phi) is 5.14. The lowest BCUT2D eigenvalue weighted by Gasteiger charge is -2.26. The van der Waals surface area contributed by atoms with Crippen LogP contribution in [0.25, 0.3) is 0 Å². The molecule has 0 aliphatic heterocycles. The second-order valence-electron chi connectivity index (χ2n) is 4.42. The Labute approximate surface area is 82.6 Å². The molecule has 0 heterocycles. The summed E-state index contributed by atoms with van der Waals surface area (Å²) in [5.74, 6) is 1.96. The first-order chi connectivity index (χ1) is 6.33. The van der Waals surface area contributed by atoms with Crippen molar-refractivity contribution < 1.29 is 0 Å². The number of hydrogen-bond donors (Lipinski definition) is 1. The molecule has 1 nitrogen and oxygen atoms in total. The van der Waals surface area contributed by atoms with Crippen LogP contribution < -0.4 is 5.32 Å². The summed E-state index contributed by atoms with van der Waals surface area (Å²) in [5.41, 5.74) is 0. The fourth-order valence-corrected chi connectivity index (χ4v) is 2.33. The van der Waals surface area contributed by atoms with Crippen LogP contribution in [0.2, 0.25) is 0 Å². The van der Waals surface area contributed by atoms with Crippen LogP contribution in [0.3, 0.4) is 0 Å². The van der Waals surface area contributed by atoms with E-state index in [4.69, 9.17) is 0 Å². The predicted molar refractivity (Wildman–Crippen MR) is 58.8 cm³/mol. The van der Waals surface area contributed by atoms with E-state index in [-0.39, 0.29) is 0 Å². The summed E-state index contributed by atoms with van der Waals surface area (Å²) in [5, 5.41) is 3.38. The van der Waals surface area contributed by atoms with Gasteiger partial charge >= 0.3 is 0 Å². The minimum Gasteiger partial charge on any atom is -0.313 e. The van der Waals surface area contributed by atoms with E-state index >= 15 is 0 Å². The molecule has 1 rings (SSSR count). The molecule has 0 radical (unpaired) electrons. The van der Waals surface area contributed by atoms with Crippen LogP contribution in [-0.2, 0) is 0 Å². The Balaban J connectivity index is 2.03. The molecule has 1 heteroatoms. The van der Waals surface area contributed by atoms with Crippen LogP contribution in [0, 0.1) is 11.8 Å². The van der Waals surface area contributed by atoms with E-state index in [2.05, 4.69) is 18.8 Å². The molecule has 1 aliphatic carbocycles. The molecule has 1 fully saturated rings. The van der Waals surface area contributed by atoms with Gasteiger partial charge in [-0.05, 0) is 31.2 Å². The predicted octanol–water partition coefficient (Wildman–Crippen LogP) is 2.98. The van der Waals surface area contributed by atoms with Gasteiger partial charge in [0.25, 0.3) is 0 Å². The Morgan fingerprint density at radius 1 is 1.46 bits per heavy atom. The zero-order chi connectivity index (χ0) is 9.52. The largest absolute Gasteiger partial charge is 0.313 e. The van der Waals surface area contributed by atoms with E-state index in [1.165, 1.54) is 38.6 Å². The van der Waals surface area contributed by atoms with Crippen molar-refractivity contribution >= 4 is 0 Å². The van der Waals surface area contributed by atoms with Crippen LogP contribution >= 0.6 is 0 Å². The van der Waals surface area contributed by atoms with Gasteiger partial charge in [0.1, 0.15) is 0 Å². The summed E-state index contributed by atoms with van der Waals surface area (Å²) in [6.07, 6.45) is 9.11. The van der Waals surface area contributed by atoms with E-state index in [0.717, 1.165) is 18.4 Å². The van der Waals surface area contributed by atoms with Crippen molar-refractivity contribution in [2.75, 3.05) is 13.1 Å². The molecular weight excluding hydrogens is 158 g/mol. The van der Waals surface area contributed by atoms with Crippen molar-refractivity contribution in [3.05, 3.63) is 12.7 Å². The highest BCUT2D eigenvalue weighted by atomic mass is 14.8. The molecule has 0 aromatic heterocycles. The van der Waals surface area contributed by atoms with Gasteiger partial charge in [0.15, 0.2) is 0 Å². The minimum atomic E-state index is 0.961. The number of nitrogens with one attached hydrogen (secondary N) is 1. The lowest BCUT2D eigenvalue weighted by atomic mass is 9.81. The van der Waals surface area contributed by atoms with Crippen LogP contribution in [0.4, 0.5) is 0 Å². The summed E-state index contributed by atoms with van der Waals surface area (Å²) < 4.78 is 0. The quantitative estimate of drug-likeness (QED) is 0.508. The standard InChI is InChI=1S/C12H23N/c1-3-8-13-9-7-12-6-4-5-11(2)10-12/h3,11-13H,1,4-10H2,2H3. The van der Waals surface area contributed by atoms with Gasteiger partial charge in [0.05, 0.1) is 0 Å².